The molecule has 1 amide bonds. The number of benzene rings is 1. The minimum absolute atomic E-state index is 0.142. The maximum absolute atomic E-state index is 12.6. The zero-order chi connectivity index (χ0) is 14.7. The zero-order valence-electron chi connectivity index (χ0n) is 12.1. The molecule has 2 aliphatic rings. The summed E-state index contributed by atoms with van der Waals surface area (Å²) in [7, 11) is 0. The molecule has 0 saturated carbocycles. The number of carbonyl (C=O) groups is 1. The third kappa shape index (κ3) is 3.59. The van der Waals surface area contributed by atoms with Gasteiger partial charge in [0.15, 0.2) is 0 Å². The Kier molecular flexibility index (Phi) is 4.83. The molecule has 1 aromatic rings. The second kappa shape index (κ2) is 6.81. The van der Waals surface area contributed by atoms with Gasteiger partial charge in [0.05, 0.1) is 6.61 Å². The quantitative estimate of drug-likeness (QED) is 0.832. The first kappa shape index (κ1) is 14.9. The summed E-state index contributed by atoms with van der Waals surface area (Å²) in [4.78, 5) is 15.7. The Balaban J connectivity index is 1.64. The Hall–Kier alpha value is -1.04. The SMILES string of the molecule is O=C(c1ccc(SCCO)cc1)N1CCC2CCC(C1)N2. The summed E-state index contributed by atoms with van der Waals surface area (Å²) in [6.07, 6.45) is 3.50. The van der Waals surface area contributed by atoms with Crippen molar-refractivity contribution in [1.29, 1.82) is 0 Å². The van der Waals surface area contributed by atoms with E-state index in [0.29, 0.717) is 17.8 Å². The van der Waals surface area contributed by atoms with Crippen LogP contribution < -0.4 is 5.32 Å². The predicted octanol–water partition coefficient (Wildman–Crippen LogP) is 1.74. The van der Waals surface area contributed by atoms with Crippen LogP contribution in [0.2, 0.25) is 0 Å². The lowest BCUT2D eigenvalue weighted by Gasteiger charge is -2.24. The van der Waals surface area contributed by atoms with E-state index in [1.54, 1.807) is 11.8 Å². The van der Waals surface area contributed by atoms with Gasteiger partial charge in [-0.2, -0.15) is 0 Å². The molecule has 2 saturated heterocycles. The Morgan fingerprint density at radius 3 is 2.76 bits per heavy atom. The number of aliphatic hydroxyl groups is 1. The van der Waals surface area contributed by atoms with Gasteiger partial charge in [0.1, 0.15) is 0 Å². The molecule has 2 atom stereocenters. The Bertz CT molecular complexity index is 492. The molecule has 2 bridgehead atoms. The van der Waals surface area contributed by atoms with Crippen molar-refractivity contribution in [3.05, 3.63) is 29.8 Å². The van der Waals surface area contributed by atoms with Gasteiger partial charge < -0.3 is 15.3 Å². The molecule has 0 radical (unpaired) electrons. The number of likely N-dealkylation sites (tertiary alicyclic amines) is 1. The number of fused-ring (bicyclic) bond motifs is 2. The van der Waals surface area contributed by atoms with Gasteiger partial charge in [-0.15, -0.1) is 11.8 Å². The average molecular weight is 306 g/mol. The molecule has 5 heteroatoms. The molecule has 2 heterocycles. The fraction of sp³-hybridized carbons (Fsp3) is 0.562. The molecule has 2 unspecified atom stereocenters. The van der Waals surface area contributed by atoms with Gasteiger partial charge in [-0.25, -0.2) is 0 Å². The van der Waals surface area contributed by atoms with E-state index in [2.05, 4.69) is 5.32 Å². The van der Waals surface area contributed by atoms with Gasteiger partial charge >= 0.3 is 0 Å². The topological polar surface area (TPSA) is 52.6 Å². The lowest BCUT2D eigenvalue weighted by atomic mass is 10.1. The zero-order valence-corrected chi connectivity index (χ0v) is 12.9. The highest BCUT2D eigenvalue weighted by atomic mass is 32.2. The molecule has 2 aliphatic heterocycles. The molecule has 3 rings (SSSR count). The number of amides is 1. The summed E-state index contributed by atoms with van der Waals surface area (Å²) < 4.78 is 0. The fourth-order valence-electron chi connectivity index (χ4n) is 3.17. The van der Waals surface area contributed by atoms with Crippen molar-refractivity contribution in [3.8, 4) is 0 Å². The monoisotopic (exact) mass is 306 g/mol. The molecule has 2 fully saturated rings. The third-order valence-electron chi connectivity index (χ3n) is 4.27. The standard InChI is InChI=1S/C16H22N2O2S/c19-9-10-21-15-5-1-12(2-6-15)16(20)18-8-7-13-3-4-14(11-18)17-13/h1-2,5-6,13-14,17,19H,3-4,7-11H2. The number of nitrogens with one attached hydrogen (secondary N) is 1. The number of carbonyl (C=O) groups excluding carboxylic acids is 1. The summed E-state index contributed by atoms with van der Waals surface area (Å²) in [5.41, 5.74) is 0.765. The lowest BCUT2D eigenvalue weighted by Crippen LogP contribution is -2.39. The molecule has 0 aliphatic carbocycles. The molecule has 1 aromatic carbocycles. The molecular formula is C16H22N2O2S. The third-order valence-corrected chi connectivity index (χ3v) is 5.26. The summed E-state index contributed by atoms with van der Waals surface area (Å²) in [5, 5.41) is 12.4. The largest absolute Gasteiger partial charge is 0.396 e. The average Bonchev–Trinajstić information content (AvgIpc) is 2.84. The Morgan fingerprint density at radius 2 is 2.00 bits per heavy atom. The Labute approximate surface area is 129 Å². The van der Waals surface area contributed by atoms with Gasteiger partial charge in [-0.1, -0.05) is 0 Å². The second-order valence-electron chi connectivity index (χ2n) is 5.77. The van der Waals surface area contributed by atoms with E-state index in [1.807, 2.05) is 29.2 Å². The molecular weight excluding hydrogens is 284 g/mol. The number of thioether (sulfide) groups is 1. The van der Waals surface area contributed by atoms with Crippen LogP contribution in [0.4, 0.5) is 0 Å². The van der Waals surface area contributed by atoms with Crippen molar-refractivity contribution >= 4 is 17.7 Å². The van der Waals surface area contributed by atoms with Crippen LogP contribution in [0.1, 0.15) is 29.6 Å². The maximum Gasteiger partial charge on any atom is 0.253 e. The summed E-state index contributed by atoms with van der Waals surface area (Å²) in [5.74, 6) is 0.830. The minimum Gasteiger partial charge on any atom is -0.396 e. The van der Waals surface area contributed by atoms with Crippen molar-refractivity contribution in [2.75, 3.05) is 25.4 Å². The summed E-state index contributed by atoms with van der Waals surface area (Å²) in [6, 6.07) is 8.81. The van der Waals surface area contributed by atoms with E-state index in [1.165, 1.54) is 12.8 Å². The molecule has 21 heavy (non-hydrogen) atoms. The smallest absolute Gasteiger partial charge is 0.253 e. The first-order valence-electron chi connectivity index (χ1n) is 7.65. The predicted molar refractivity (Wildman–Crippen MR) is 84.7 cm³/mol. The fourth-order valence-corrected chi connectivity index (χ4v) is 3.82. The van der Waals surface area contributed by atoms with Crippen LogP contribution in [0, 0.1) is 0 Å². The summed E-state index contributed by atoms with van der Waals surface area (Å²) in [6.45, 7) is 1.86. The molecule has 4 nitrogen and oxygen atoms in total. The van der Waals surface area contributed by atoms with Crippen molar-refractivity contribution in [3.63, 3.8) is 0 Å². The van der Waals surface area contributed by atoms with Crippen LogP contribution in [0.3, 0.4) is 0 Å². The maximum atomic E-state index is 12.6. The van der Waals surface area contributed by atoms with E-state index < -0.39 is 0 Å². The van der Waals surface area contributed by atoms with Crippen molar-refractivity contribution < 1.29 is 9.90 Å². The number of aliphatic hydroxyl groups excluding tert-OH is 1. The molecule has 0 aromatic heterocycles. The number of hydrogen-bond acceptors (Lipinski definition) is 4. The number of nitrogens with zero attached hydrogens (tertiary/aromatic N) is 1. The lowest BCUT2D eigenvalue weighted by molar-refractivity contribution is 0.0748. The second-order valence-corrected chi connectivity index (χ2v) is 6.94. The normalized spacial score (nSPS) is 24.9. The highest BCUT2D eigenvalue weighted by Crippen LogP contribution is 2.23. The molecule has 0 spiro atoms. The van der Waals surface area contributed by atoms with E-state index in [-0.39, 0.29) is 12.5 Å². The van der Waals surface area contributed by atoms with Crippen molar-refractivity contribution in [2.24, 2.45) is 0 Å². The number of hydrogen-bond donors (Lipinski definition) is 2. The number of rotatable bonds is 4. The van der Waals surface area contributed by atoms with Crippen LogP contribution >= 0.6 is 11.8 Å². The Morgan fingerprint density at radius 1 is 1.24 bits per heavy atom. The van der Waals surface area contributed by atoms with Gasteiger partial charge in [-0.05, 0) is 43.5 Å². The highest BCUT2D eigenvalue weighted by Gasteiger charge is 2.31. The summed E-state index contributed by atoms with van der Waals surface area (Å²) >= 11 is 1.60. The van der Waals surface area contributed by atoms with Gasteiger partial charge in [0.2, 0.25) is 0 Å². The molecule has 2 N–H and O–H groups in total. The van der Waals surface area contributed by atoms with Crippen molar-refractivity contribution in [1.82, 2.24) is 10.2 Å². The molecule has 114 valence electrons. The van der Waals surface area contributed by atoms with Crippen LogP contribution in [0.25, 0.3) is 0 Å². The van der Waals surface area contributed by atoms with E-state index >= 15 is 0 Å². The van der Waals surface area contributed by atoms with Gasteiger partial charge in [-0.3, -0.25) is 4.79 Å². The van der Waals surface area contributed by atoms with E-state index in [9.17, 15) is 4.79 Å². The van der Waals surface area contributed by atoms with Crippen LogP contribution in [0.5, 0.6) is 0 Å². The van der Waals surface area contributed by atoms with Gasteiger partial charge in [0.25, 0.3) is 5.91 Å². The van der Waals surface area contributed by atoms with Crippen LogP contribution in [-0.2, 0) is 0 Å². The minimum atomic E-state index is 0.142. The van der Waals surface area contributed by atoms with Crippen molar-refractivity contribution in [2.45, 2.75) is 36.2 Å². The van der Waals surface area contributed by atoms with E-state index in [0.717, 1.165) is 30.0 Å². The first-order chi connectivity index (χ1) is 10.3. The van der Waals surface area contributed by atoms with E-state index in [4.69, 9.17) is 5.11 Å². The van der Waals surface area contributed by atoms with Crippen LogP contribution in [0.15, 0.2) is 29.2 Å². The van der Waals surface area contributed by atoms with Crippen LogP contribution in [-0.4, -0.2) is 53.4 Å². The van der Waals surface area contributed by atoms with Gasteiger partial charge in [0, 0.05) is 41.4 Å². The first-order valence-corrected chi connectivity index (χ1v) is 8.64. The highest BCUT2D eigenvalue weighted by molar-refractivity contribution is 7.99.